The number of aromatic nitrogens is 3. The van der Waals surface area contributed by atoms with Crippen LogP contribution in [0, 0.1) is 17.6 Å². The van der Waals surface area contributed by atoms with Crippen LogP contribution in [0.25, 0.3) is 0 Å². The number of unbranched alkanes of at least 4 members (excludes halogenated alkanes) is 3. The number of amides is 5. The summed E-state index contributed by atoms with van der Waals surface area (Å²) in [6.07, 6.45) is 5.15. The van der Waals surface area contributed by atoms with Gasteiger partial charge >= 0.3 is 6.03 Å². The van der Waals surface area contributed by atoms with Gasteiger partial charge in [-0.1, -0.05) is 86.5 Å². The van der Waals surface area contributed by atoms with Crippen molar-refractivity contribution in [1.29, 1.82) is 0 Å². The van der Waals surface area contributed by atoms with E-state index in [2.05, 4.69) is 36.9 Å². The van der Waals surface area contributed by atoms with Crippen LogP contribution in [0.2, 0.25) is 0 Å². The molecule has 2 saturated heterocycles. The molecule has 0 bridgehead atoms. The topological polar surface area (TPSA) is 268 Å². The molecule has 5 amide bonds. The van der Waals surface area contributed by atoms with Crippen LogP contribution in [0.3, 0.4) is 0 Å². The summed E-state index contributed by atoms with van der Waals surface area (Å²) in [4.78, 5) is 63.0. The Morgan fingerprint density at radius 3 is 2.20 bits per heavy atom. The molecule has 79 heavy (non-hydrogen) atoms. The number of thioether (sulfide) groups is 1. The van der Waals surface area contributed by atoms with Crippen molar-refractivity contribution in [2.45, 2.75) is 135 Å². The molecule has 6 atom stereocenters. The predicted octanol–water partition coefficient (Wildman–Crippen LogP) is 5.64. The minimum atomic E-state index is -4.47. The summed E-state index contributed by atoms with van der Waals surface area (Å²) in [5.74, 6) is -2.66. The Morgan fingerprint density at radius 1 is 0.810 bits per heavy atom. The normalized spacial score (nSPS) is 17.4. The van der Waals surface area contributed by atoms with Crippen LogP contribution >= 0.6 is 11.8 Å². The molecule has 3 heterocycles. The molecule has 2 fully saturated rings. The quantitative estimate of drug-likeness (QED) is 0.0147. The molecule has 4 aromatic carbocycles. The Bertz CT molecular complexity index is 3150. The third kappa shape index (κ3) is 16.3. The first-order valence-corrected chi connectivity index (χ1v) is 30.3. The molecular formula is C55H67F2N9O10S3. The lowest BCUT2D eigenvalue weighted by Gasteiger charge is -2.28. The number of benzene rings is 4. The van der Waals surface area contributed by atoms with Crippen molar-refractivity contribution in [1.82, 2.24) is 45.9 Å². The molecule has 24 heteroatoms. The monoisotopic (exact) mass is 1150 g/mol. The Kier molecular flexibility index (Phi) is 20.9. The number of aliphatic hydroxyl groups is 1. The van der Waals surface area contributed by atoms with Crippen LogP contribution < -0.4 is 26.6 Å². The predicted molar refractivity (Wildman–Crippen MR) is 292 cm³/mol. The summed E-state index contributed by atoms with van der Waals surface area (Å²) >= 11 is 1.85. The van der Waals surface area contributed by atoms with E-state index < -0.39 is 71.9 Å². The van der Waals surface area contributed by atoms with Gasteiger partial charge in [0.15, 0.2) is 5.78 Å². The average Bonchev–Trinajstić information content (AvgIpc) is 4.17. The summed E-state index contributed by atoms with van der Waals surface area (Å²) in [5, 5.41) is 34.6. The van der Waals surface area contributed by atoms with Gasteiger partial charge in [0.05, 0.1) is 46.8 Å². The fourth-order valence-corrected chi connectivity index (χ4v) is 13.8. The lowest BCUT2D eigenvalue weighted by molar-refractivity contribution is -0.129. The smallest absolute Gasteiger partial charge is 0.315 e. The molecule has 0 saturated carbocycles. The third-order valence-corrected chi connectivity index (χ3v) is 18.9. The van der Waals surface area contributed by atoms with Gasteiger partial charge < -0.3 is 31.7 Å². The maximum atomic E-state index is 14.4. The van der Waals surface area contributed by atoms with Gasteiger partial charge in [0.2, 0.25) is 37.6 Å². The molecule has 2 aliphatic rings. The van der Waals surface area contributed by atoms with E-state index >= 15 is 0 Å². The molecule has 5 aromatic rings. The van der Waals surface area contributed by atoms with E-state index in [0.717, 1.165) is 65.7 Å². The van der Waals surface area contributed by atoms with Gasteiger partial charge in [-0.05, 0) is 80.5 Å². The van der Waals surface area contributed by atoms with Gasteiger partial charge in [-0.15, -0.1) is 5.10 Å². The number of nitrogens with one attached hydrogen (secondary N) is 5. The number of hydrogen-bond donors (Lipinski definition) is 6. The van der Waals surface area contributed by atoms with E-state index in [0.29, 0.717) is 60.2 Å². The highest BCUT2D eigenvalue weighted by molar-refractivity contribution is 8.00. The maximum absolute atomic E-state index is 14.4. The Labute approximate surface area is 463 Å². The first kappa shape index (κ1) is 60.0. The number of carbonyl (C=O) groups excluding carboxylic acids is 5. The van der Waals surface area contributed by atoms with Crippen LogP contribution in [-0.4, -0.2) is 126 Å². The number of halogens is 2. The number of urea groups is 1. The van der Waals surface area contributed by atoms with E-state index in [1.54, 1.807) is 69.3 Å². The zero-order chi connectivity index (χ0) is 56.9. The Morgan fingerprint density at radius 2 is 1.49 bits per heavy atom. The molecule has 1 aromatic heterocycles. The van der Waals surface area contributed by atoms with Crippen LogP contribution in [0.4, 0.5) is 13.6 Å². The molecule has 0 radical (unpaired) electrons. The van der Waals surface area contributed by atoms with Gasteiger partial charge in [-0.25, -0.2) is 35.1 Å². The SMILES string of the molecule is CC(C)CN(CC(O)[C@H](C)n1cc(CNC(=O)[C@H](Cc2ccc(C(=O)c3ccccc3)cc2)NC(=O)CCCCCNC(=O)CCCC[C@@H]2SC[C@@H]3NC(=O)N[C@@H]32)nn1)S(=O)(=O)c1ccc(S(=O)(=O)c2ccc(F)cc2F)cc1. The second kappa shape index (κ2) is 27.5. The lowest BCUT2D eigenvalue weighted by Crippen LogP contribution is -2.47. The van der Waals surface area contributed by atoms with Crippen molar-refractivity contribution in [2.75, 3.05) is 25.4 Å². The molecule has 0 spiro atoms. The van der Waals surface area contributed by atoms with Gasteiger partial charge in [-0.2, -0.15) is 16.1 Å². The van der Waals surface area contributed by atoms with Crippen LogP contribution in [-0.2, 0) is 47.2 Å². The van der Waals surface area contributed by atoms with Crippen molar-refractivity contribution >= 4 is 61.2 Å². The number of sulfonamides is 1. The van der Waals surface area contributed by atoms with Gasteiger partial charge in [0.1, 0.15) is 28.3 Å². The fraction of sp³-hybridized carbons (Fsp3) is 0.436. The number of aliphatic hydroxyl groups excluding tert-OH is 1. The first-order chi connectivity index (χ1) is 37.7. The minimum absolute atomic E-state index is 0.0275. The summed E-state index contributed by atoms with van der Waals surface area (Å²) in [6.45, 7) is 5.07. The van der Waals surface area contributed by atoms with Crippen molar-refractivity contribution in [3.63, 3.8) is 0 Å². The van der Waals surface area contributed by atoms with E-state index in [1.165, 1.54) is 10.9 Å². The number of nitrogens with zero attached hydrogens (tertiary/aromatic N) is 4. The lowest BCUT2D eigenvalue weighted by atomic mass is 9.99. The second-order valence-corrected chi connectivity index (χ2v) is 25.4. The number of carbonyl (C=O) groups is 5. The van der Waals surface area contributed by atoms with Crippen molar-refractivity contribution in [3.8, 4) is 0 Å². The van der Waals surface area contributed by atoms with E-state index in [-0.39, 0.29) is 78.2 Å². The maximum Gasteiger partial charge on any atom is 0.315 e. The zero-order valence-corrected chi connectivity index (χ0v) is 46.6. The summed E-state index contributed by atoms with van der Waals surface area (Å²) in [5.41, 5.74) is 1.94. The van der Waals surface area contributed by atoms with E-state index in [9.17, 15) is 54.7 Å². The summed E-state index contributed by atoms with van der Waals surface area (Å²) in [7, 11) is -8.82. The highest BCUT2D eigenvalue weighted by Gasteiger charge is 2.42. The van der Waals surface area contributed by atoms with E-state index in [1.807, 2.05) is 17.8 Å². The molecule has 2 aliphatic heterocycles. The number of hydrogen-bond acceptors (Lipinski definition) is 13. The molecule has 0 aliphatic carbocycles. The minimum Gasteiger partial charge on any atom is -0.390 e. The molecular weight excluding hydrogens is 1080 g/mol. The first-order valence-electron chi connectivity index (χ1n) is 26.3. The molecule has 424 valence electrons. The summed E-state index contributed by atoms with van der Waals surface area (Å²) in [6, 6.07) is 20.1. The fourth-order valence-electron chi connectivity index (χ4n) is 9.31. The third-order valence-electron chi connectivity index (χ3n) is 13.7. The standard InChI is InChI=1S/C55H67F2N9O10S3/c1-35(2)31-65(79(75,76)43-24-22-42(23-25-43)78(73,74)49-26-21-40(56)29-44(49)57)33-47(67)36(3)66-32-41(63-64-66)30-59-54(71)45(28-37-17-19-39(20-18-37)53(70)38-12-6-4-7-13-38)60-51(69)16-8-5-11-27-58-50(68)15-10-9-14-48-52-46(34-77-48)61-55(72)62-52/h4,6-7,12-13,17-26,29,32,35-36,45-48,52,67H,5,8-11,14-16,27-28,30-31,33-34H2,1-3H3,(H,58,68)(H,59,71)(H,60,69)(H2,61,62,72)/t36-,45-,46-,47?,48-,52-/m0/s1. The molecule has 7 rings (SSSR count). The van der Waals surface area contributed by atoms with Crippen molar-refractivity contribution in [2.24, 2.45) is 5.92 Å². The largest absolute Gasteiger partial charge is 0.390 e. The highest BCUT2D eigenvalue weighted by Crippen LogP contribution is 2.33. The molecule has 1 unspecified atom stereocenters. The van der Waals surface area contributed by atoms with Crippen molar-refractivity contribution < 1.29 is 54.7 Å². The molecule has 6 N–H and O–H groups in total. The van der Waals surface area contributed by atoms with Gasteiger partial charge in [0, 0.05) is 67.1 Å². The average molecular weight is 1150 g/mol. The molecule has 19 nitrogen and oxygen atoms in total. The number of rotatable bonds is 29. The van der Waals surface area contributed by atoms with Crippen molar-refractivity contribution in [3.05, 3.63) is 137 Å². The van der Waals surface area contributed by atoms with E-state index in [4.69, 9.17) is 0 Å². The highest BCUT2D eigenvalue weighted by atomic mass is 32.2. The summed E-state index contributed by atoms with van der Waals surface area (Å²) < 4.78 is 84.6. The van der Waals surface area contributed by atoms with Crippen LogP contribution in [0.5, 0.6) is 0 Å². The van der Waals surface area contributed by atoms with Gasteiger partial charge in [-0.3, -0.25) is 19.2 Å². The Hall–Kier alpha value is -6.60. The number of sulfone groups is 1. The second-order valence-electron chi connectivity index (χ2n) is 20.2. The number of fused-ring (bicyclic) bond motifs is 1. The zero-order valence-electron chi connectivity index (χ0n) is 44.1. The van der Waals surface area contributed by atoms with Crippen LogP contribution in [0.1, 0.15) is 105 Å². The van der Waals surface area contributed by atoms with Gasteiger partial charge in [0.25, 0.3) is 0 Å². The Balaban J connectivity index is 0.911. The number of ketones is 1. The van der Waals surface area contributed by atoms with Crippen LogP contribution in [0.15, 0.2) is 118 Å².